The number of carbonyl (C=O) groups is 1. The third-order valence-electron chi connectivity index (χ3n) is 2.79. The van der Waals surface area contributed by atoms with Gasteiger partial charge < -0.3 is 0 Å². The average Bonchev–Trinajstić information content (AvgIpc) is 2.55. The molecule has 0 amide bonds. The lowest BCUT2D eigenvalue weighted by Gasteiger charge is -2.01. The Balaban J connectivity index is 2.55. The Labute approximate surface area is 95.5 Å². The predicted molar refractivity (Wildman–Crippen MR) is 65.8 cm³/mol. The molecule has 0 fully saturated rings. The second-order valence-electron chi connectivity index (χ2n) is 3.55. The van der Waals surface area contributed by atoms with E-state index in [0.717, 1.165) is 27.5 Å². The summed E-state index contributed by atoms with van der Waals surface area (Å²) in [6.07, 6.45) is 0.916. The summed E-state index contributed by atoms with van der Waals surface area (Å²) in [6.45, 7) is 0. The van der Waals surface area contributed by atoms with Crippen molar-refractivity contribution in [2.75, 3.05) is 0 Å². The number of hydrogen-bond donors (Lipinski definition) is 0. The van der Waals surface area contributed by atoms with Crippen molar-refractivity contribution in [3.63, 3.8) is 0 Å². The van der Waals surface area contributed by atoms with Crippen molar-refractivity contribution in [2.45, 2.75) is 0 Å². The number of hydrogen-bond acceptors (Lipinski definition) is 1. The monoisotopic (exact) mass is 258 g/mol. The van der Waals surface area contributed by atoms with E-state index in [9.17, 15) is 4.79 Å². The molecule has 0 aromatic heterocycles. The second-order valence-corrected chi connectivity index (χ2v) is 4.35. The molecule has 3 rings (SSSR count). The third-order valence-corrected chi connectivity index (χ3v) is 3.64. The van der Waals surface area contributed by atoms with E-state index in [1.165, 1.54) is 10.8 Å². The quantitative estimate of drug-likeness (QED) is 0.715. The summed E-state index contributed by atoms with van der Waals surface area (Å²) in [5.74, 6) is 0. The van der Waals surface area contributed by atoms with Crippen LogP contribution in [0.15, 0.2) is 36.4 Å². The smallest absolute Gasteiger partial charge is 0.151 e. The Morgan fingerprint density at radius 2 is 1.67 bits per heavy atom. The van der Waals surface area contributed by atoms with E-state index in [-0.39, 0.29) is 0 Å². The van der Waals surface area contributed by atoms with Crippen molar-refractivity contribution in [3.8, 4) is 0 Å². The average molecular weight is 259 g/mol. The van der Waals surface area contributed by atoms with Crippen molar-refractivity contribution in [2.24, 2.45) is 0 Å². The molecule has 0 spiro atoms. The molecule has 2 aromatic carbocycles. The summed E-state index contributed by atoms with van der Waals surface area (Å²) in [4.78, 5) is 11.0. The zero-order chi connectivity index (χ0) is 10.4. The Morgan fingerprint density at radius 1 is 1.00 bits per heavy atom. The van der Waals surface area contributed by atoms with Crippen LogP contribution in [0.25, 0.3) is 20.8 Å². The number of carbonyl (C=O) groups excluding carboxylic acids is 1. The van der Waals surface area contributed by atoms with Gasteiger partial charge in [0.15, 0.2) is 6.29 Å². The molecule has 0 aliphatic heterocycles. The van der Waals surface area contributed by atoms with Gasteiger partial charge in [-0.1, -0.05) is 36.4 Å². The van der Waals surface area contributed by atoms with Crippen molar-refractivity contribution in [3.05, 3.63) is 47.5 Å². The fourth-order valence-corrected chi connectivity index (χ4v) is 2.76. The van der Waals surface area contributed by atoms with Gasteiger partial charge >= 0.3 is 0 Å². The zero-order valence-corrected chi connectivity index (χ0v) is 9.41. The first-order valence-corrected chi connectivity index (χ1v) is 5.49. The lowest BCUT2D eigenvalue weighted by molar-refractivity contribution is -0.103. The Hall–Kier alpha value is -1.41. The van der Waals surface area contributed by atoms with Crippen LogP contribution in [0.5, 0.6) is 0 Å². The lowest BCUT2D eigenvalue weighted by Crippen LogP contribution is -1.81. The molecule has 0 heterocycles. The van der Waals surface area contributed by atoms with Crippen LogP contribution in [0.3, 0.4) is 0 Å². The number of benzene rings is 2. The van der Waals surface area contributed by atoms with Gasteiger partial charge in [0.1, 0.15) is 0 Å². The second kappa shape index (κ2) is 3.04. The molecule has 0 unspecified atom stereocenters. The van der Waals surface area contributed by atoms with Gasteiger partial charge in [-0.3, -0.25) is 4.79 Å². The molecular weight excluding hydrogens is 252 g/mol. The number of allylic oxidation sites excluding steroid dienone is 1. The molecule has 0 N–H and O–H groups in total. The third kappa shape index (κ3) is 1.05. The Kier molecular flexibility index (Phi) is 1.80. The van der Waals surface area contributed by atoms with Crippen molar-refractivity contribution < 1.29 is 4.79 Å². The summed E-state index contributed by atoms with van der Waals surface area (Å²) in [6, 6.07) is 12.1. The standard InChI is InChI=1S/C13H7BrO/c14-13-10-6-2-4-8-3-1-5-9(12(8)10)11(13)7-15/h1-7H. The Bertz CT molecular complexity index is 606. The molecule has 0 saturated heterocycles. The molecule has 0 bridgehead atoms. The number of rotatable bonds is 1. The van der Waals surface area contributed by atoms with Gasteiger partial charge in [0.2, 0.25) is 0 Å². The molecule has 1 aliphatic rings. The van der Waals surface area contributed by atoms with Crippen LogP contribution in [-0.2, 0) is 4.79 Å². The fourth-order valence-electron chi connectivity index (χ4n) is 2.13. The molecule has 1 nitrogen and oxygen atoms in total. The van der Waals surface area contributed by atoms with Crippen LogP contribution >= 0.6 is 15.9 Å². The van der Waals surface area contributed by atoms with Crippen molar-refractivity contribution >= 4 is 43.0 Å². The Morgan fingerprint density at radius 3 is 2.33 bits per heavy atom. The van der Waals surface area contributed by atoms with E-state index >= 15 is 0 Å². The van der Waals surface area contributed by atoms with E-state index in [4.69, 9.17) is 0 Å². The maximum absolute atomic E-state index is 11.0. The van der Waals surface area contributed by atoms with Gasteiger partial charge in [0.05, 0.1) is 0 Å². The summed E-state index contributed by atoms with van der Waals surface area (Å²) in [7, 11) is 0. The fraction of sp³-hybridized carbons (Fsp3) is 0. The summed E-state index contributed by atoms with van der Waals surface area (Å²) < 4.78 is 0.907. The van der Waals surface area contributed by atoms with Gasteiger partial charge in [-0.25, -0.2) is 0 Å². The molecule has 72 valence electrons. The van der Waals surface area contributed by atoms with Gasteiger partial charge in [0, 0.05) is 10.1 Å². The molecule has 0 radical (unpaired) electrons. The van der Waals surface area contributed by atoms with Crippen molar-refractivity contribution in [1.82, 2.24) is 0 Å². The van der Waals surface area contributed by atoms with Crippen LogP contribution < -0.4 is 0 Å². The first-order chi connectivity index (χ1) is 7.33. The first-order valence-electron chi connectivity index (χ1n) is 4.70. The van der Waals surface area contributed by atoms with E-state index in [2.05, 4.69) is 28.1 Å². The van der Waals surface area contributed by atoms with E-state index < -0.39 is 0 Å². The minimum atomic E-state index is 0.752. The predicted octanol–water partition coefficient (Wildman–Crippen LogP) is 3.62. The molecule has 1 aliphatic carbocycles. The van der Waals surface area contributed by atoms with Gasteiger partial charge in [-0.05, 0) is 37.8 Å². The number of aldehydes is 1. The topological polar surface area (TPSA) is 17.1 Å². The number of halogens is 1. The molecule has 0 saturated carbocycles. The van der Waals surface area contributed by atoms with Crippen molar-refractivity contribution in [1.29, 1.82) is 0 Å². The highest BCUT2D eigenvalue weighted by Gasteiger charge is 2.21. The van der Waals surface area contributed by atoms with Crippen LogP contribution in [0.2, 0.25) is 0 Å². The summed E-state index contributed by atoms with van der Waals surface area (Å²) in [5, 5.41) is 2.35. The van der Waals surface area contributed by atoms with Crippen LogP contribution in [0.1, 0.15) is 11.1 Å². The minimum absolute atomic E-state index is 0.752. The molecular formula is C13H7BrO. The van der Waals surface area contributed by atoms with E-state index in [1.807, 2.05) is 24.3 Å². The largest absolute Gasteiger partial charge is 0.298 e. The van der Waals surface area contributed by atoms with Crippen LogP contribution in [0, 0.1) is 0 Å². The van der Waals surface area contributed by atoms with Crippen LogP contribution in [0.4, 0.5) is 0 Å². The molecule has 15 heavy (non-hydrogen) atoms. The highest BCUT2D eigenvalue weighted by Crippen LogP contribution is 2.43. The first kappa shape index (κ1) is 8.86. The molecule has 2 aromatic rings. The highest BCUT2D eigenvalue weighted by molar-refractivity contribution is 9.15. The highest BCUT2D eigenvalue weighted by atomic mass is 79.9. The molecule has 2 heteroatoms. The van der Waals surface area contributed by atoms with Gasteiger partial charge in [-0.2, -0.15) is 0 Å². The lowest BCUT2D eigenvalue weighted by atomic mass is 10.0. The van der Waals surface area contributed by atoms with E-state index in [1.54, 1.807) is 0 Å². The maximum atomic E-state index is 11.0. The van der Waals surface area contributed by atoms with Gasteiger partial charge in [-0.15, -0.1) is 0 Å². The minimum Gasteiger partial charge on any atom is -0.298 e. The zero-order valence-electron chi connectivity index (χ0n) is 7.83. The van der Waals surface area contributed by atoms with E-state index in [0.29, 0.717) is 0 Å². The summed E-state index contributed by atoms with van der Waals surface area (Å²) in [5.41, 5.74) is 2.90. The van der Waals surface area contributed by atoms with Gasteiger partial charge in [0.25, 0.3) is 0 Å². The normalized spacial score (nSPS) is 13.7. The maximum Gasteiger partial charge on any atom is 0.151 e. The SMILES string of the molecule is O=CC1=C(Br)c2cccc3cccc1c23. The van der Waals surface area contributed by atoms with Crippen LogP contribution in [-0.4, -0.2) is 6.29 Å². The molecule has 0 atom stereocenters. The summed E-state index contributed by atoms with van der Waals surface area (Å²) >= 11 is 3.49.